The van der Waals surface area contributed by atoms with Crippen LogP contribution in [-0.2, 0) is 0 Å². The number of carbonyl (C=O) groups is 2. The van der Waals surface area contributed by atoms with Gasteiger partial charge in [-0.2, -0.15) is 0 Å². The number of carboxylic acid groups (broad SMARTS) is 1. The molecule has 4 heteroatoms. The van der Waals surface area contributed by atoms with Crippen molar-refractivity contribution in [2.45, 2.75) is 13.3 Å². The molecular weight excluding hydrogens is 254 g/mol. The van der Waals surface area contributed by atoms with Crippen molar-refractivity contribution in [1.29, 1.82) is 0 Å². The SMILES string of the molecule is CCC(=O)c1c(-c2ccccc2)ccc(C(=O)O)c1N. The molecule has 0 fully saturated rings. The van der Waals surface area contributed by atoms with Crippen molar-refractivity contribution in [2.24, 2.45) is 0 Å². The third kappa shape index (κ3) is 2.40. The summed E-state index contributed by atoms with van der Waals surface area (Å²) in [6, 6.07) is 12.4. The van der Waals surface area contributed by atoms with Gasteiger partial charge in [-0.1, -0.05) is 43.3 Å². The largest absolute Gasteiger partial charge is 0.478 e. The average molecular weight is 269 g/mol. The first-order valence-corrected chi connectivity index (χ1v) is 6.30. The maximum Gasteiger partial charge on any atom is 0.337 e. The molecule has 102 valence electrons. The van der Waals surface area contributed by atoms with Crippen molar-refractivity contribution in [3.8, 4) is 11.1 Å². The van der Waals surface area contributed by atoms with Crippen molar-refractivity contribution in [2.75, 3.05) is 5.73 Å². The van der Waals surface area contributed by atoms with Gasteiger partial charge in [0.05, 0.1) is 11.3 Å². The average Bonchev–Trinajstić information content (AvgIpc) is 2.46. The molecule has 0 unspecified atom stereocenters. The number of aromatic carboxylic acids is 1. The summed E-state index contributed by atoms with van der Waals surface area (Å²) < 4.78 is 0. The Bertz CT molecular complexity index is 663. The van der Waals surface area contributed by atoms with Gasteiger partial charge in [0.2, 0.25) is 0 Å². The number of nitrogen functional groups attached to an aromatic ring is 1. The Kier molecular flexibility index (Phi) is 3.84. The van der Waals surface area contributed by atoms with Crippen molar-refractivity contribution in [3.63, 3.8) is 0 Å². The number of hydrogen-bond acceptors (Lipinski definition) is 3. The van der Waals surface area contributed by atoms with Gasteiger partial charge in [-0.3, -0.25) is 4.79 Å². The molecule has 0 aromatic heterocycles. The molecule has 20 heavy (non-hydrogen) atoms. The van der Waals surface area contributed by atoms with E-state index in [2.05, 4.69) is 0 Å². The Hall–Kier alpha value is -2.62. The van der Waals surface area contributed by atoms with Crippen LogP contribution in [0.3, 0.4) is 0 Å². The highest BCUT2D eigenvalue weighted by molar-refractivity contribution is 6.10. The van der Waals surface area contributed by atoms with Crippen LogP contribution in [0.5, 0.6) is 0 Å². The predicted octanol–water partition coefficient (Wildman–Crippen LogP) is 3.23. The molecule has 0 aliphatic heterocycles. The van der Waals surface area contributed by atoms with Gasteiger partial charge in [-0.05, 0) is 17.2 Å². The molecule has 0 atom stereocenters. The molecule has 2 rings (SSSR count). The fourth-order valence-corrected chi connectivity index (χ4v) is 2.14. The summed E-state index contributed by atoms with van der Waals surface area (Å²) in [6.07, 6.45) is 0.271. The van der Waals surface area contributed by atoms with Gasteiger partial charge in [0, 0.05) is 12.0 Å². The summed E-state index contributed by atoms with van der Waals surface area (Å²) in [7, 11) is 0. The quantitative estimate of drug-likeness (QED) is 0.659. The zero-order chi connectivity index (χ0) is 14.7. The molecule has 0 radical (unpaired) electrons. The topological polar surface area (TPSA) is 80.4 Å². The minimum absolute atomic E-state index is 0.0331. The van der Waals surface area contributed by atoms with Crippen LogP contribution in [0.4, 0.5) is 5.69 Å². The van der Waals surface area contributed by atoms with E-state index in [1.165, 1.54) is 6.07 Å². The van der Waals surface area contributed by atoms with Gasteiger partial charge in [-0.25, -0.2) is 4.79 Å². The minimum Gasteiger partial charge on any atom is -0.478 e. The normalized spacial score (nSPS) is 10.2. The number of Topliss-reactive ketones (excluding diaryl/α,β-unsaturated/α-hetero) is 1. The predicted molar refractivity (Wildman–Crippen MR) is 77.9 cm³/mol. The molecule has 0 amide bonds. The molecule has 2 aromatic carbocycles. The van der Waals surface area contributed by atoms with Gasteiger partial charge in [0.25, 0.3) is 0 Å². The lowest BCUT2D eigenvalue weighted by Gasteiger charge is -2.13. The van der Waals surface area contributed by atoms with Gasteiger partial charge in [-0.15, -0.1) is 0 Å². The van der Waals surface area contributed by atoms with E-state index < -0.39 is 5.97 Å². The summed E-state index contributed by atoms with van der Waals surface area (Å²) in [5.74, 6) is -1.29. The summed E-state index contributed by atoms with van der Waals surface area (Å²) in [5, 5.41) is 9.11. The van der Waals surface area contributed by atoms with Crippen molar-refractivity contribution >= 4 is 17.4 Å². The van der Waals surface area contributed by atoms with Crippen LogP contribution in [0.15, 0.2) is 42.5 Å². The molecule has 0 bridgehead atoms. The summed E-state index contributed by atoms with van der Waals surface area (Å²) >= 11 is 0. The number of benzene rings is 2. The number of rotatable bonds is 4. The zero-order valence-corrected chi connectivity index (χ0v) is 11.1. The second kappa shape index (κ2) is 5.57. The van der Waals surface area contributed by atoms with Gasteiger partial charge >= 0.3 is 5.97 Å². The van der Waals surface area contributed by atoms with E-state index in [0.717, 1.165) is 5.56 Å². The fraction of sp³-hybridized carbons (Fsp3) is 0.125. The first kappa shape index (κ1) is 13.8. The van der Waals surface area contributed by atoms with E-state index >= 15 is 0 Å². The van der Waals surface area contributed by atoms with E-state index in [-0.39, 0.29) is 23.5 Å². The molecule has 3 N–H and O–H groups in total. The molecule has 0 saturated heterocycles. The second-order valence-corrected chi connectivity index (χ2v) is 4.40. The maximum atomic E-state index is 12.1. The number of carbonyl (C=O) groups excluding carboxylic acids is 1. The van der Waals surface area contributed by atoms with Crippen LogP contribution in [0.1, 0.15) is 34.1 Å². The van der Waals surface area contributed by atoms with Gasteiger partial charge in [0.1, 0.15) is 0 Å². The van der Waals surface area contributed by atoms with Crippen molar-refractivity contribution in [1.82, 2.24) is 0 Å². The molecule has 0 spiro atoms. The van der Waals surface area contributed by atoms with E-state index in [9.17, 15) is 9.59 Å². The lowest BCUT2D eigenvalue weighted by Crippen LogP contribution is -2.11. The number of anilines is 1. The van der Waals surface area contributed by atoms with E-state index in [0.29, 0.717) is 11.1 Å². The second-order valence-electron chi connectivity index (χ2n) is 4.40. The number of hydrogen-bond donors (Lipinski definition) is 2. The van der Waals surface area contributed by atoms with Gasteiger partial charge < -0.3 is 10.8 Å². The zero-order valence-electron chi connectivity index (χ0n) is 11.1. The monoisotopic (exact) mass is 269 g/mol. The van der Waals surface area contributed by atoms with Crippen LogP contribution in [0.2, 0.25) is 0 Å². The number of ketones is 1. The molecule has 0 heterocycles. The fourth-order valence-electron chi connectivity index (χ4n) is 2.14. The van der Waals surface area contributed by atoms with Crippen molar-refractivity contribution < 1.29 is 14.7 Å². The van der Waals surface area contributed by atoms with E-state index in [1.807, 2.05) is 30.3 Å². The minimum atomic E-state index is -1.13. The Morgan fingerprint density at radius 3 is 2.30 bits per heavy atom. The van der Waals surface area contributed by atoms with Crippen LogP contribution < -0.4 is 5.73 Å². The third-order valence-corrected chi connectivity index (χ3v) is 3.16. The Balaban J connectivity index is 2.73. The highest BCUT2D eigenvalue weighted by Gasteiger charge is 2.20. The van der Waals surface area contributed by atoms with E-state index in [4.69, 9.17) is 10.8 Å². The molecule has 4 nitrogen and oxygen atoms in total. The summed E-state index contributed by atoms with van der Waals surface area (Å²) in [5.41, 5.74) is 7.69. The highest BCUT2D eigenvalue weighted by atomic mass is 16.4. The Labute approximate surface area is 116 Å². The lowest BCUT2D eigenvalue weighted by molar-refractivity contribution is 0.0698. The van der Waals surface area contributed by atoms with Gasteiger partial charge in [0.15, 0.2) is 5.78 Å². The van der Waals surface area contributed by atoms with Crippen LogP contribution in [0.25, 0.3) is 11.1 Å². The number of carboxylic acids is 1. The summed E-state index contributed by atoms with van der Waals surface area (Å²) in [6.45, 7) is 1.73. The van der Waals surface area contributed by atoms with Crippen LogP contribution in [-0.4, -0.2) is 16.9 Å². The lowest BCUT2D eigenvalue weighted by atomic mass is 9.92. The van der Waals surface area contributed by atoms with Crippen LogP contribution in [0, 0.1) is 0 Å². The molecule has 2 aromatic rings. The summed E-state index contributed by atoms with van der Waals surface area (Å²) in [4.78, 5) is 23.3. The third-order valence-electron chi connectivity index (χ3n) is 3.16. The smallest absolute Gasteiger partial charge is 0.337 e. The highest BCUT2D eigenvalue weighted by Crippen LogP contribution is 2.31. The van der Waals surface area contributed by atoms with Crippen molar-refractivity contribution in [3.05, 3.63) is 53.6 Å². The molecular formula is C16H15NO3. The maximum absolute atomic E-state index is 12.1. The Morgan fingerprint density at radius 2 is 1.75 bits per heavy atom. The standard InChI is InChI=1S/C16H15NO3/c1-2-13(18)14-11(10-6-4-3-5-7-10)8-9-12(15(14)17)16(19)20/h3-9H,2,17H2,1H3,(H,19,20). The van der Waals surface area contributed by atoms with Crippen LogP contribution >= 0.6 is 0 Å². The molecule has 0 aliphatic carbocycles. The van der Waals surface area contributed by atoms with E-state index in [1.54, 1.807) is 13.0 Å². The first-order valence-electron chi connectivity index (χ1n) is 6.30. The number of nitrogens with two attached hydrogens (primary N) is 1. The first-order chi connectivity index (χ1) is 9.56. The molecule has 0 saturated carbocycles. The molecule has 0 aliphatic rings. The Morgan fingerprint density at radius 1 is 1.10 bits per heavy atom.